The lowest BCUT2D eigenvalue weighted by molar-refractivity contribution is 0.207. The first kappa shape index (κ1) is 21.3. The maximum absolute atomic E-state index is 5.83. The van der Waals surface area contributed by atoms with Gasteiger partial charge in [0.25, 0.3) is 0 Å². The predicted molar refractivity (Wildman–Crippen MR) is 103 cm³/mol. The molecule has 1 aromatic rings. The minimum Gasteiger partial charge on any atom is -0.492 e. The minimum absolute atomic E-state index is 0. The molecule has 1 aromatic carbocycles. The Labute approximate surface area is 155 Å². The molecule has 5 nitrogen and oxygen atoms in total. The molecule has 1 N–H and O–H groups in total. The van der Waals surface area contributed by atoms with Crippen LogP contribution in [0.25, 0.3) is 0 Å². The maximum Gasteiger partial charge on any atom is 0.193 e. The van der Waals surface area contributed by atoms with E-state index in [2.05, 4.69) is 10.3 Å². The van der Waals surface area contributed by atoms with Crippen LogP contribution in [0.4, 0.5) is 0 Å². The Kier molecular flexibility index (Phi) is 12.4. The van der Waals surface area contributed by atoms with Gasteiger partial charge in [-0.25, -0.2) is 0 Å². The Morgan fingerprint density at radius 1 is 1.27 bits per heavy atom. The lowest BCUT2D eigenvalue weighted by Gasteiger charge is -2.22. The monoisotopic (exact) mass is 441 g/mol. The molecule has 126 valence electrons. The zero-order valence-electron chi connectivity index (χ0n) is 13.3. The summed E-state index contributed by atoms with van der Waals surface area (Å²) < 4.78 is 10.7. The van der Waals surface area contributed by atoms with Crippen LogP contribution in [0.15, 0.2) is 29.3 Å². The molecule has 0 unspecified atom stereocenters. The highest BCUT2D eigenvalue weighted by Gasteiger charge is 2.05. The summed E-state index contributed by atoms with van der Waals surface area (Å²) in [6.07, 6.45) is 0. The zero-order valence-corrected chi connectivity index (χ0v) is 16.4. The molecule has 0 fully saturated rings. The van der Waals surface area contributed by atoms with Crippen LogP contribution in [-0.4, -0.2) is 57.9 Å². The number of halogens is 2. The fourth-order valence-electron chi connectivity index (χ4n) is 1.65. The number of hydrogen-bond donors (Lipinski definition) is 1. The second-order valence-electron chi connectivity index (χ2n) is 4.45. The molecule has 0 aromatic heterocycles. The standard InChI is InChI=1S/C15H24ClN3O2.HI/c1-4-17-15(18-9-11-20-3)19(2)10-12-21-14-7-5-13(16)6-8-14;/h5-8H,4,9-12H2,1-3H3,(H,17,18);1H. The van der Waals surface area contributed by atoms with Gasteiger partial charge < -0.3 is 19.7 Å². The van der Waals surface area contributed by atoms with Gasteiger partial charge in [-0.3, -0.25) is 4.99 Å². The molecular weight excluding hydrogens is 417 g/mol. The van der Waals surface area contributed by atoms with Crippen molar-refractivity contribution in [3.63, 3.8) is 0 Å². The number of likely N-dealkylation sites (N-methyl/N-ethyl adjacent to an activating group) is 1. The third-order valence-corrected chi connectivity index (χ3v) is 3.01. The van der Waals surface area contributed by atoms with Crippen molar-refractivity contribution in [2.24, 2.45) is 4.99 Å². The highest BCUT2D eigenvalue weighted by molar-refractivity contribution is 14.0. The molecule has 7 heteroatoms. The summed E-state index contributed by atoms with van der Waals surface area (Å²) in [7, 11) is 3.66. The third-order valence-electron chi connectivity index (χ3n) is 2.76. The number of hydrogen-bond acceptors (Lipinski definition) is 3. The van der Waals surface area contributed by atoms with Crippen LogP contribution in [0.3, 0.4) is 0 Å². The predicted octanol–water partition coefficient (Wildman–Crippen LogP) is 2.88. The van der Waals surface area contributed by atoms with Gasteiger partial charge in [0.1, 0.15) is 12.4 Å². The van der Waals surface area contributed by atoms with E-state index in [0.29, 0.717) is 24.8 Å². The number of guanidine groups is 1. The minimum atomic E-state index is 0. The fraction of sp³-hybridized carbons (Fsp3) is 0.533. The number of nitrogens with one attached hydrogen (secondary N) is 1. The third kappa shape index (κ3) is 8.65. The van der Waals surface area contributed by atoms with Crippen molar-refractivity contribution < 1.29 is 9.47 Å². The van der Waals surface area contributed by atoms with E-state index in [1.54, 1.807) is 7.11 Å². The average Bonchev–Trinajstić information content (AvgIpc) is 2.48. The average molecular weight is 442 g/mol. The van der Waals surface area contributed by atoms with Crippen LogP contribution in [-0.2, 0) is 4.74 Å². The molecule has 1 rings (SSSR count). The van der Waals surface area contributed by atoms with E-state index in [-0.39, 0.29) is 24.0 Å². The van der Waals surface area contributed by atoms with Gasteiger partial charge in [-0.1, -0.05) is 11.6 Å². The van der Waals surface area contributed by atoms with E-state index < -0.39 is 0 Å². The van der Waals surface area contributed by atoms with Gasteiger partial charge in [-0.15, -0.1) is 24.0 Å². The van der Waals surface area contributed by atoms with Crippen molar-refractivity contribution in [1.29, 1.82) is 0 Å². The SMILES string of the molecule is CCNC(=NCCOC)N(C)CCOc1ccc(Cl)cc1.I. The van der Waals surface area contributed by atoms with Crippen LogP contribution in [0.2, 0.25) is 5.02 Å². The molecule has 0 aliphatic carbocycles. The lowest BCUT2D eigenvalue weighted by atomic mass is 10.3. The van der Waals surface area contributed by atoms with E-state index in [1.165, 1.54) is 0 Å². The van der Waals surface area contributed by atoms with Gasteiger partial charge in [-0.05, 0) is 31.2 Å². The number of aliphatic imine (C=N–C) groups is 1. The topological polar surface area (TPSA) is 46.1 Å². The molecule has 0 aliphatic rings. The van der Waals surface area contributed by atoms with Crippen molar-refractivity contribution in [1.82, 2.24) is 10.2 Å². The number of ether oxygens (including phenoxy) is 2. The van der Waals surface area contributed by atoms with Gasteiger partial charge in [0.2, 0.25) is 0 Å². The molecular formula is C15H25ClIN3O2. The summed E-state index contributed by atoms with van der Waals surface area (Å²) in [5.41, 5.74) is 0. The summed E-state index contributed by atoms with van der Waals surface area (Å²) in [4.78, 5) is 6.51. The molecule has 0 spiro atoms. The fourth-order valence-corrected chi connectivity index (χ4v) is 1.78. The summed E-state index contributed by atoms with van der Waals surface area (Å²) in [5, 5.41) is 3.95. The second-order valence-corrected chi connectivity index (χ2v) is 4.89. The Morgan fingerprint density at radius 2 is 1.95 bits per heavy atom. The van der Waals surface area contributed by atoms with Gasteiger partial charge in [0.05, 0.1) is 19.7 Å². The lowest BCUT2D eigenvalue weighted by Crippen LogP contribution is -2.41. The van der Waals surface area contributed by atoms with Crippen molar-refractivity contribution in [2.75, 3.05) is 47.0 Å². The molecule has 0 amide bonds. The van der Waals surface area contributed by atoms with E-state index in [4.69, 9.17) is 21.1 Å². The number of methoxy groups -OCH3 is 1. The van der Waals surface area contributed by atoms with Crippen molar-refractivity contribution in [3.8, 4) is 5.75 Å². The van der Waals surface area contributed by atoms with Crippen molar-refractivity contribution in [2.45, 2.75) is 6.92 Å². The van der Waals surface area contributed by atoms with Gasteiger partial charge in [-0.2, -0.15) is 0 Å². The molecule has 0 bridgehead atoms. The number of nitrogens with zero attached hydrogens (tertiary/aromatic N) is 2. The number of benzene rings is 1. The normalized spacial score (nSPS) is 10.8. The molecule has 0 aliphatic heterocycles. The maximum atomic E-state index is 5.83. The molecule has 0 heterocycles. The molecule has 0 saturated carbocycles. The smallest absolute Gasteiger partial charge is 0.193 e. The molecule has 22 heavy (non-hydrogen) atoms. The van der Waals surface area contributed by atoms with Gasteiger partial charge in [0, 0.05) is 25.7 Å². The first-order valence-corrected chi connectivity index (χ1v) is 7.42. The van der Waals surface area contributed by atoms with Crippen LogP contribution < -0.4 is 10.1 Å². The van der Waals surface area contributed by atoms with Crippen molar-refractivity contribution in [3.05, 3.63) is 29.3 Å². The van der Waals surface area contributed by atoms with Crippen LogP contribution in [0.5, 0.6) is 5.75 Å². The Bertz CT molecular complexity index is 429. The quantitative estimate of drug-likeness (QED) is 0.292. The Hall–Kier alpha value is -0.730. The Morgan fingerprint density at radius 3 is 2.55 bits per heavy atom. The van der Waals surface area contributed by atoms with Crippen LogP contribution in [0.1, 0.15) is 6.92 Å². The second kappa shape index (κ2) is 12.8. The van der Waals surface area contributed by atoms with E-state index in [0.717, 1.165) is 24.8 Å². The largest absolute Gasteiger partial charge is 0.492 e. The molecule has 0 radical (unpaired) electrons. The van der Waals surface area contributed by atoms with E-state index in [9.17, 15) is 0 Å². The summed E-state index contributed by atoms with van der Waals surface area (Å²) >= 11 is 5.83. The highest BCUT2D eigenvalue weighted by Crippen LogP contribution is 2.15. The van der Waals surface area contributed by atoms with E-state index >= 15 is 0 Å². The van der Waals surface area contributed by atoms with Crippen LogP contribution in [0, 0.1) is 0 Å². The van der Waals surface area contributed by atoms with Crippen molar-refractivity contribution >= 4 is 41.5 Å². The summed E-state index contributed by atoms with van der Waals surface area (Å²) in [5.74, 6) is 1.67. The number of rotatable bonds is 8. The highest BCUT2D eigenvalue weighted by atomic mass is 127. The first-order chi connectivity index (χ1) is 10.2. The van der Waals surface area contributed by atoms with Gasteiger partial charge in [0.15, 0.2) is 5.96 Å². The van der Waals surface area contributed by atoms with E-state index in [1.807, 2.05) is 43.1 Å². The summed E-state index contributed by atoms with van der Waals surface area (Å²) in [6.45, 7) is 5.44. The first-order valence-electron chi connectivity index (χ1n) is 7.04. The molecule has 0 saturated heterocycles. The molecule has 0 atom stereocenters. The van der Waals surface area contributed by atoms with Gasteiger partial charge >= 0.3 is 0 Å². The zero-order chi connectivity index (χ0) is 15.5. The Balaban J connectivity index is 0.00000441. The van der Waals surface area contributed by atoms with Crippen LogP contribution >= 0.6 is 35.6 Å². The summed E-state index contributed by atoms with van der Waals surface area (Å²) in [6, 6.07) is 7.36.